The molecule has 1 aromatic carbocycles. The van der Waals surface area contributed by atoms with Gasteiger partial charge in [-0.3, -0.25) is 19.9 Å². The van der Waals surface area contributed by atoms with Gasteiger partial charge in [0.25, 0.3) is 5.91 Å². The van der Waals surface area contributed by atoms with Crippen molar-refractivity contribution in [3.63, 3.8) is 0 Å². The minimum absolute atomic E-state index is 0.253. The zero-order valence-electron chi connectivity index (χ0n) is 18.8. The Morgan fingerprint density at radius 3 is 2.34 bits per heavy atom. The van der Waals surface area contributed by atoms with E-state index in [1.807, 2.05) is 12.1 Å². The highest BCUT2D eigenvalue weighted by atomic mass is 16.5. The Balaban J connectivity index is 1.18. The molecule has 9 heteroatoms. The number of imide groups is 1. The molecule has 0 unspecified atom stereocenters. The second-order valence-corrected chi connectivity index (χ2v) is 8.96. The van der Waals surface area contributed by atoms with Crippen LogP contribution in [0.2, 0.25) is 0 Å². The van der Waals surface area contributed by atoms with Crippen molar-refractivity contribution < 1.29 is 19.1 Å². The molecule has 4 amide bonds. The number of carbonyl (C=O) groups is 3. The van der Waals surface area contributed by atoms with E-state index in [2.05, 4.69) is 32.7 Å². The lowest BCUT2D eigenvalue weighted by Gasteiger charge is -2.34. The van der Waals surface area contributed by atoms with Crippen LogP contribution < -0.4 is 15.5 Å². The van der Waals surface area contributed by atoms with E-state index in [1.54, 1.807) is 7.11 Å². The normalized spacial score (nSPS) is 21.6. The van der Waals surface area contributed by atoms with Crippen LogP contribution in [0.5, 0.6) is 5.75 Å². The van der Waals surface area contributed by atoms with Crippen molar-refractivity contribution in [2.75, 3.05) is 39.8 Å². The van der Waals surface area contributed by atoms with E-state index in [1.165, 1.54) is 5.56 Å². The Kier molecular flexibility index (Phi) is 6.95. The third kappa shape index (κ3) is 5.05. The number of rotatable bonds is 7. The molecule has 2 saturated heterocycles. The highest BCUT2D eigenvalue weighted by Gasteiger charge is 2.52. The second-order valence-electron chi connectivity index (χ2n) is 8.96. The molecule has 0 radical (unpaired) electrons. The summed E-state index contributed by atoms with van der Waals surface area (Å²) in [6.07, 6.45) is 4.44. The maximum absolute atomic E-state index is 12.8. The molecule has 1 saturated carbocycles. The molecule has 2 N–H and O–H groups in total. The minimum Gasteiger partial charge on any atom is -0.497 e. The van der Waals surface area contributed by atoms with E-state index in [4.69, 9.17) is 4.74 Å². The van der Waals surface area contributed by atoms with Crippen LogP contribution in [0.4, 0.5) is 4.79 Å². The molecule has 0 aromatic heterocycles. The molecule has 1 spiro atoms. The molecule has 174 valence electrons. The summed E-state index contributed by atoms with van der Waals surface area (Å²) in [6, 6.07) is 7.61. The van der Waals surface area contributed by atoms with Gasteiger partial charge >= 0.3 is 6.03 Å². The number of amides is 4. The van der Waals surface area contributed by atoms with E-state index in [9.17, 15) is 14.4 Å². The van der Waals surface area contributed by atoms with Gasteiger partial charge in [0.2, 0.25) is 5.91 Å². The Bertz CT molecular complexity index is 829. The van der Waals surface area contributed by atoms with Crippen LogP contribution in [0.15, 0.2) is 24.3 Å². The van der Waals surface area contributed by atoms with Gasteiger partial charge in [-0.15, -0.1) is 0 Å². The first-order chi connectivity index (χ1) is 15.5. The molecule has 2 aliphatic heterocycles. The van der Waals surface area contributed by atoms with Crippen molar-refractivity contribution in [2.24, 2.45) is 0 Å². The Morgan fingerprint density at radius 1 is 1.03 bits per heavy atom. The van der Waals surface area contributed by atoms with Crippen molar-refractivity contribution in [1.29, 1.82) is 0 Å². The van der Waals surface area contributed by atoms with Gasteiger partial charge in [-0.1, -0.05) is 31.4 Å². The van der Waals surface area contributed by atoms with Gasteiger partial charge in [0, 0.05) is 45.7 Å². The van der Waals surface area contributed by atoms with Gasteiger partial charge in [0.05, 0.1) is 7.11 Å². The third-order valence-corrected chi connectivity index (χ3v) is 6.79. The highest BCUT2D eigenvalue weighted by molar-refractivity contribution is 6.08. The Hall–Kier alpha value is -2.65. The van der Waals surface area contributed by atoms with Gasteiger partial charge < -0.3 is 15.0 Å². The molecular weight excluding hydrogens is 410 g/mol. The number of benzene rings is 1. The summed E-state index contributed by atoms with van der Waals surface area (Å²) in [5, 5.41) is 3.70. The number of hydrogen-bond donors (Lipinski definition) is 2. The van der Waals surface area contributed by atoms with Crippen LogP contribution in [0.3, 0.4) is 0 Å². The van der Waals surface area contributed by atoms with Crippen molar-refractivity contribution in [1.82, 2.24) is 25.6 Å². The fourth-order valence-corrected chi connectivity index (χ4v) is 4.82. The summed E-state index contributed by atoms with van der Waals surface area (Å²) >= 11 is 0. The predicted octanol–water partition coefficient (Wildman–Crippen LogP) is 1.49. The number of piperazine rings is 1. The summed E-state index contributed by atoms with van der Waals surface area (Å²) < 4.78 is 5.21. The van der Waals surface area contributed by atoms with E-state index >= 15 is 0 Å². The number of nitrogens with zero attached hydrogens (tertiary/aromatic N) is 3. The molecule has 3 fully saturated rings. The maximum atomic E-state index is 12.8. The smallest absolute Gasteiger partial charge is 0.344 e. The first-order valence-electron chi connectivity index (χ1n) is 11.5. The van der Waals surface area contributed by atoms with Crippen LogP contribution in [0.25, 0.3) is 0 Å². The van der Waals surface area contributed by atoms with Gasteiger partial charge in [-0.05, 0) is 30.5 Å². The van der Waals surface area contributed by atoms with Crippen LogP contribution in [-0.4, -0.2) is 78.0 Å². The molecule has 4 rings (SSSR count). The van der Waals surface area contributed by atoms with Crippen molar-refractivity contribution >= 4 is 17.8 Å². The minimum atomic E-state index is -0.817. The van der Waals surface area contributed by atoms with Crippen LogP contribution >= 0.6 is 0 Å². The molecule has 9 nitrogen and oxygen atoms in total. The molecule has 0 atom stereocenters. The summed E-state index contributed by atoms with van der Waals surface area (Å²) in [6.45, 7) is 5.14. The number of ether oxygens (including phenoxy) is 1. The summed E-state index contributed by atoms with van der Waals surface area (Å²) in [5.74, 6) is 0.239. The van der Waals surface area contributed by atoms with Gasteiger partial charge in [0.15, 0.2) is 0 Å². The quantitative estimate of drug-likeness (QED) is 0.620. The van der Waals surface area contributed by atoms with Crippen LogP contribution in [-0.2, 0) is 16.1 Å². The lowest BCUT2D eigenvalue weighted by molar-refractivity contribution is -0.140. The number of urea groups is 1. The van der Waals surface area contributed by atoms with E-state index in [0.29, 0.717) is 19.4 Å². The molecule has 1 aliphatic carbocycles. The average Bonchev–Trinajstić information content (AvgIpc) is 3.03. The third-order valence-electron chi connectivity index (χ3n) is 6.79. The van der Waals surface area contributed by atoms with Gasteiger partial charge in [-0.25, -0.2) is 4.79 Å². The number of methoxy groups -OCH3 is 1. The zero-order chi connectivity index (χ0) is 22.6. The molecule has 3 aliphatic rings. The van der Waals surface area contributed by atoms with Crippen molar-refractivity contribution in [3.05, 3.63) is 29.8 Å². The monoisotopic (exact) mass is 443 g/mol. The van der Waals surface area contributed by atoms with Gasteiger partial charge in [-0.2, -0.15) is 5.01 Å². The van der Waals surface area contributed by atoms with Crippen molar-refractivity contribution in [2.45, 2.75) is 50.6 Å². The SMILES string of the molecule is COc1ccc(CN2CCN(CCC(=O)NN3C(=O)NC4(CCCCC4)C3=O)CC2)cc1. The second kappa shape index (κ2) is 9.87. The lowest BCUT2D eigenvalue weighted by atomic mass is 9.82. The Labute approximate surface area is 189 Å². The summed E-state index contributed by atoms with van der Waals surface area (Å²) in [5.41, 5.74) is 2.96. The molecule has 1 aromatic rings. The molecule has 32 heavy (non-hydrogen) atoms. The lowest BCUT2D eigenvalue weighted by Crippen LogP contribution is -2.51. The molecular formula is C23H33N5O4. The number of hydrazine groups is 1. The fraction of sp³-hybridized carbons (Fsp3) is 0.609. The molecule has 2 heterocycles. The first-order valence-corrected chi connectivity index (χ1v) is 11.5. The van der Waals surface area contributed by atoms with E-state index in [0.717, 1.165) is 62.7 Å². The average molecular weight is 444 g/mol. The van der Waals surface area contributed by atoms with Crippen LogP contribution in [0.1, 0.15) is 44.1 Å². The highest BCUT2D eigenvalue weighted by Crippen LogP contribution is 2.33. The van der Waals surface area contributed by atoms with Crippen LogP contribution in [0, 0.1) is 0 Å². The standard InChI is InChI=1S/C23H33N5O4/c1-32-19-7-5-18(6-8-19)17-27-15-13-26(14-16-27)12-9-20(29)25-28-21(30)23(24-22(28)31)10-3-2-4-11-23/h5-8H,2-4,9-17H2,1H3,(H,24,31)(H,25,29). The predicted molar refractivity (Wildman–Crippen MR) is 119 cm³/mol. The number of hydrogen-bond acceptors (Lipinski definition) is 6. The summed E-state index contributed by atoms with van der Waals surface area (Å²) in [4.78, 5) is 42.1. The topological polar surface area (TPSA) is 94.2 Å². The first kappa shape index (κ1) is 22.5. The molecule has 0 bridgehead atoms. The number of nitrogens with one attached hydrogen (secondary N) is 2. The zero-order valence-corrected chi connectivity index (χ0v) is 18.8. The Morgan fingerprint density at radius 2 is 1.69 bits per heavy atom. The van der Waals surface area contributed by atoms with Crippen molar-refractivity contribution in [3.8, 4) is 5.75 Å². The van der Waals surface area contributed by atoms with Gasteiger partial charge in [0.1, 0.15) is 11.3 Å². The number of carbonyl (C=O) groups excluding carboxylic acids is 3. The fourth-order valence-electron chi connectivity index (χ4n) is 4.82. The maximum Gasteiger partial charge on any atom is 0.344 e. The summed E-state index contributed by atoms with van der Waals surface area (Å²) in [7, 11) is 1.67. The van der Waals surface area contributed by atoms with E-state index < -0.39 is 11.6 Å². The largest absolute Gasteiger partial charge is 0.497 e. The van der Waals surface area contributed by atoms with E-state index in [-0.39, 0.29) is 18.2 Å².